The molecule has 3 amide bonds. The van der Waals surface area contributed by atoms with E-state index in [4.69, 9.17) is 10.5 Å². The fourth-order valence-electron chi connectivity index (χ4n) is 3.61. The number of nitrogens with one attached hydrogen (secondary N) is 1. The maximum Gasteiger partial charge on any atom is 0.271 e. The van der Waals surface area contributed by atoms with Crippen molar-refractivity contribution in [2.75, 3.05) is 23.4 Å². The number of thiophene rings is 1. The van der Waals surface area contributed by atoms with Gasteiger partial charge in [-0.3, -0.25) is 29.4 Å². The van der Waals surface area contributed by atoms with Crippen LogP contribution >= 0.6 is 11.3 Å². The minimum absolute atomic E-state index is 0.123. The quantitative estimate of drug-likeness (QED) is 0.422. The highest BCUT2D eigenvalue weighted by atomic mass is 32.1. The minimum atomic E-state index is -0.697. The van der Waals surface area contributed by atoms with Gasteiger partial charge >= 0.3 is 0 Å². The van der Waals surface area contributed by atoms with Crippen molar-refractivity contribution in [1.82, 2.24) is 0 Å². The highest BCUT2D eigenvalue weighted by molar-refractivity contribution is 7.17. The molecule has 0 saturated carbocycles. The van der Waals surface area contributed by atoms with Gasteiger partial charge in [-0.2, -0.15) is 0 Å². The van der Waals surface area contributed by atoms with Gasteiger partial charge in [-0.25, -0.2) is 0 Å². The summed E-state index contributed by atoms with van der Waals surface area (Å²) >= 11 is 1.20. The number of nitrogens with zero attached hydrogens (tertiary/aromatic N) is 2. The molecule has 0 spiro atoms. The summed E-state index contributed by atoms with van der Waals surface area (Å²) in [6.45, 7) is 1.09. The summed E-state index contributed by atoms with van der Waals surface area (Å²) in [5.74, 6) is -1.56. The topological polar surface area (TPSA) is 145 Å². The molecule has 2 heterocycles. The third-order valence-electron chi connectivity index (χ3n) is 5.04. The van der Waals surface area contributed by atoms with Crippen LogP contribution in [-0.2, 0) is 9.59 Å². The largest absolute Gasteiger partial charge is 0.482 e. The summed E-state index contributed by atoms with van der Waals surface area (Å²) in [4.78, 5) is 50.0. The number of fused-ring (bicyclic) bond motifs is 1. The fraction of sp³-hybridized carbons (Fsp3) is 0.136. The summed E-state index contributed by atoms with van der Waals surface area (Å²) in [6.07, 6.45) is 0. The molecule has 3 aromatic rings. The Morgan fingerprint density at radius 1 is 1.24 bits per heavy atom. The van der Waals surface area contributed by atoms with E-state index in [9.17, 15) is 24.5 Å². The molecule has 0 atom stereocenters. The van der Waals surface area contributed by atoms with Gasteiger partial charge in [0.2, 0.25) is 5.91 Å². The Labute approximate surface area is 191 Å². The second-order valence-electron chi connectivity index (χ2n) is 7.19. The highest BCUT2D eigenvalue weighted by Crippen LogP contribution is 2.40. The van der Waals surface area contributed by atoms with Gasteiger partial charge in [0.05, 0.1) is 16.2 Å². The number of anilines is 2. The van der Waals surface area contributed by atoms with Crippen LogP contribution < -0.4 is 20.7 Å². The predicted molar refractivity (Wildman–Crippen MR) is 123 cm³/mol. The zero-order valence-corrected chi connectivity index (χ0v) is 18.2. The first kappa shape index (κ1) is 22.0. The lowest BCUT2D eigenvalue weighted by Crippen LogP contribution is -2.43. The van der Waals surface area contributed by atoms with Crippen molar-refractivity contribution in [2.24, 2.45) is 5.73 Å². The van der Waals surface area contributed by atoms with Crippen molar-refractivity contribution in [3.05, 3.63) is 69.1 Å². The summed E-state index contributed by atoms with van der Waals surface area (Å²) in [5.41, 5.74) is 7.11. The SMILES string of the molecule is Cc1sc(NC(=O)CN2C(=O)COc3ccc([N+](=O)[O-])cc32)c(C(N)=O)c1-c1ccccc1. The number of nitrogens with two attached hydrogens (primary N) is 1. The Bertz CT molecular complexity index is 1290. The van der Waals surface area contributed by atoms with Crippen LogP contribution in [0.25, 0.3) is 11.1 Å². The van der Waals surface area contributed by atoms with Crippen LogP contribution in [0.1, 0.15) is 15.2 Å². The number of benzene rings is 2. The number of nitro benzene ring substituents is 1. The number of aryl methyl sites for hydroxylation is 1. The second-order valence-corrected chi connectivity index (χ2v) is 8.42. The summed E-state index contributed by atoms with van der Waals surface area (Å²) in [6, 6.07) is 13.0. The number of rotatable bonds is 6. The Hall–Kier alpha value is -4.25. The lowest BCUT2D eigenvalue weighted by atomic mass is 10.0. The number of carbonyl (C=O) groups excluding carboxylic acids is 3. The van der Waals surface area contributed by atoms with Gasteiger partial charge in [-0.05, 0) is 18.6 Å². The van der Waals surface area contributed by atoms with E-state index in [1.165, 1.54) is 29.5 Å². The average molecular weight is 466 g/mol. The van der Waals surface area contributed by atoms with Crippen molar-refractivity contribution in [3.8, 4) is 16.9 Å². The molecule has 2 aromatic carbocycles. The number of nitro groups is 1. The van der Waals surface area contributed by atoms with Gasteiger partial charge in [0.15, 0.2) is 6.61 Å². The molecule has 33 heavy (non-hydrogen) atoms. The van der Waals surface area contributed by atoms with Gasteiger partial charge in [0.1, 0.15) is 17.3 Å². The number of hydrogen-bond acceptors (Lipinski definition) is 7. The van der Waals surface area contributed by atoms with Crippen LogP contribution in [0.5, 0.6) is 5.75 Å². The number of amides is 3. The summed E-state index contributed by atoms with van der Waals surface area (Å²) < 4.78 is 5.31. The van der Waals surface area contributed by atoms with E-state index in [0.29, 0.717) is 5.56 Å². The molecular formula is C22H18N4O6S. The standard InChI is InChI=1S/C22H18N4O6S/c1-12-19(13-5-3-2-4-6-13)20(21(23)29)22(33-12)24-17(27)10-25-15-9-14(26(30)31)7-8-16(15)32-11-18(25)28/h2-9H,10-11H2,1H3,(H2,23,29)(H,24,27). The van der Waals surface area contributed by atoms with Gasteiger partial charge in [0, 0.05) is 22.6 Å². The van der Waals surface area contributed by atoms with E-state index < -0.39 is 29.2 Å². The molecule has 10 nitrogen and oxygen atoms in total. The molecule has 4 rings (SSSR count). The van der Waals surface area contributed by atoms with Crippen molar-refractivity contribution in [3.63, 3.8) is 0 Å². The Morgan fingerprint density at radius 3 is 2.64 bits per heavy atom. The Balaban J connectivity index is 1.63. The predicted octanol–water partition coefficient (Wildman–Crippen LogP) is 3.09. The Morgan fingerprint density at radius 2 is 1.97 bits per heavy atom. The normalized spacial score (nSPS) is 12.6. The van der Waals surface area contributed by atoms with Crippen LogP contribution in [0, 0.1) is 17.0 Å². The molecule has 1 aromatic heterocycles. The molecule has 168 valence electrons. The van der Waals surface area contributed by atoms with Crippen molar-refractivity contribution >= 4 is 45.4 Å². The van der Waals surface area contributed by atoms with Crippen LogP contribution in [0.4, 0.5) is 16.4 Å². The monoisotopic (exact) mass is 466 g/mol. The molecule has 1 aliphatic heterocycles. The van der Waals surface area contributed by atoms with Crippen LogP contribution in [0.2, 0.25) is 0 Å². The third kappa shape index (κ3) is 4.26. The Kier molecular flexibility index (Phi) is 5.80. The lowest BCUT2D eigenvalue weighted by Gasteiger charge is -2.28. The number of carbonyl (C=O) groups is 3. The first-order valence-electron chi connectivity index (χ1n) is 9.76. The van der Waals surface area contributed by atoms with Gasteiger partial charge in [0.25, 0.3) is 17.5 Å². The summed E-state index contributed by atoms with van der Waals surface area (Å²) in [7, 11) is 0. The van der Waals surface area contributed by atoms with Crippen LogP contribution in [0.15, 0.2) is 48.5 Å². The van der Waals surface area contributed by atoms with Gasteiger partial charge in [-0.15, -0.1) is 11.3 Å². The van der Waals surface area contributed by atoms with Crippen LogP contribution in [-0.4, -0.2) is 35.8 Å². The van der Waals surface area contributed by atoms with E-state index in [-0.39, 0.29) is 34.3 Å². The van der Waals surface area contributed by atoms with Gasteiger partial charge in [-0.1, -0.05) is 30.3 Å². The molecular weight excluding hydrogens is 448 g/mol. The zero-order valence-electron chi connectivity index (χ0n) is 17.4. The van der Waals surface area contributed by atoms with Crippen molar-refractivity contribution < 1.29 is 24.0 Å². The summed E-state index contributed by atoms with van der Waals surface area (Å²) in [5, 5.41) is 14.1. The van der Waals surface area contributed by atoms with Crippen LogP contribution in [0.3, 0.4) is 0 Å². The zero-order chi connectivity index (χ0) is 23.7. The first-order chi connectivity index (χ1) is 15.8. The maximum atomic E-state index is 12.9. The molecule has 11 heteroatoms. The molecule has 3 N–H and O–H groups in total. The fourth-order valence-corrected chi connectivity index (χ4v) is 4.71. The lowest BCUT2D eigenvalue weighted by molar-refractivity contribution is -0.384. The molecule has 0 unspecified atom stereocenters. The van der Waals surface area contributed by atoms with Crippen molar-refractivity contribution in [1.29, 1.82) is 0 Å². The molecule has 0 saturated heterocycles. The smallest absolute Gasteiger partial charge is 0.271 e. The third-order valence-corrected chi connectivity index (χ3v) is 6.06. The van der Waals surface area contributed by atoms with E-state index in [1.54, 1.807) is 0 Å². The molecule has 0 fully saturated rings. The van der Waals surface area contributed by atoms with Gasteiger partial charge < -0.3 is 15.8 Å². The van der Waals surface area contributed by atoms with E-state index in [0.717, 1.165) is 15.3 Å². The van der Waals surface area contributed by atoms with Crippen molar-refractivity contribution in [2.45, 2.75) is 6.92 Å². The minimum Gasteiger partial charge on any atom is -0.482 e. The van der Waals surface area contributed by atoms with E-state index in [1.807, 2.05) is 37.3 Å². The molecule has 0 radical (unpaired) electrons. The maximum absolute atomic E-state index is 12.9. The highest BCUT2D eigenvalue weighted by Gasteiger charge is 2.30. The second kappa shape index (κ2) is 8.71. The number of ether oxygens (including phenoxy) is 1. The molecule has 1 aliphatic rings. The molecule has 0 aliphatic carbocycles. The molecule has 0 bridgehead atoms. The van der Waals surface area contributed by atoms with E-state index >= 15 is 0 Å². The average Bonchev–Trinajstić information content (AvgIpc) is 3.11. The first-order valence-corrected chi connectivity index (χ1v) is 10.6. The van der Waals surface area contributed by atoms with E-state index in [2.05, 4.69) is 5.32 Å². The number of hydrogen-bond donors (Lipinski definition) is 2. The number of primary amides is 1. The number of non-ortho nitro benzene ring substituents is 1.